The molecule has 13 nitrogen and oxygen atoms in total. The average molecular weight is 593 g/mol. The molecule has 2 aliphatic rings. The van der Waals surface area contributed by atoms with Crippen LogP contribution in [0.3, 0.4) is 0 Å². The summed E-state index contributed by atoms with van der Waals surface area (Å²) in [6, 6.07) is 7.80. The maximum atomic E-state index is 12.4. The molecular formula is C28H32N8O5S. The Hall–Kier alpha value is -4.30. The zero-order chi connectivity index (χ0) is 29.2. The number of nitrogens with one attached hydrogen (secondary N) is 2. The molecule has 3 aromatic heterocycles. The number of H-pyrrole nitrogens is 1. The summed E-state index contributed by atoms with van der Waals surface area (Å²) < 4.78 is 9.80. The van der Waals surface area contributed by atoms with E-state index in [1.165, 1.54) is 11.3 Å². The number of rotatable bonds is 8. The van der Waals surface area contributed by atoms with Crippen molar-refractivity contribution in [1.82, 2.24) is 25.1 Å². The molecule has 4 aromatic rings. The third-order valence-corrected chi connectivity index (χ3v) is 8.45. The van der Waals surface area contributed by atoms with Gasteiger partial charge in [0.25, 0.3) is 0 Å². The molecule has 5 heterocycles. The summed E-state index contributed by atoms with van der Waals surface area (Å²) >= 11 is 1.22. The van der Waals surface area contributed by atoms with Crippen LogP contribution in [0.2, 0.25) is 0 Å². The maximum Gasteiger partial charge on any atom is 0.439 e. The molecule has 0 saturated carbocycles. The maximum absolute atomic E-state index is 12.4. The van der Waals surface area contributed by atoms with Gasteiger partial charge in [0, 0.05) is 37.3 Å². The van der Waals surface area contributed by atoms with Crippen LogP contribution in [0, 0.1) is 6.92 Å². The Labute approximate surface area is 245 Å². The molecule has 1 aromatic carbocycles. The first-order valence-electron chi connectivity index (χ1n) is 14.0. The van der Waals surface area contributed by atoms with E-state index in [2.05, 4.69) is 34.8 Å². The molecule has 0 amide bonds. The summed E-state index contributed by atoms with van der Waals surface area (Å²) in [5.74, 6) is 1.51. The highest BCUT2D eigenvalue weighted by Crippen LogP contribution is 2.36. The normalized spacial score (nSPS) is 15.5. The van der Waals surface area contributed by atoms with Crippen molar-refractivity contribution in [2.24, 2.45) is 0 Å². The summed E-state index contributed by atoms with van der Waals surface area (Å²) in [7, 11) is 0. The van der Waals surface area contributed by atoms with E-state index in [1.807, 2.05) is 24.3 Å². The van der Waals surface area contributed by atoms with Crippen LogP contribution in [0.4, 0.5) is 22.7 Å². The molecule has 3 N–H and O–H groups in total. The molecule has 220 valence electrons. The van der Waals surface area contributed by atoms with Gasteiger partial charge in [-0.05, 0) is 45.1 Å². The highest BCUT2D eigenvalue weighted by molar-refractivity contribution is 7.17. The van der Waals surface area contributed by atoms with Gasteiger partial charge in [-0.15, -0.1) is 0 Å². The van der Waals surface area contributed by atoms with E-state index in [-0.39, 0.29) is 6.10 Å². The first-order valence-corrected chi connectivity index (χ1v) is 14.9. The van der Waals surface area contributed by atoms with Gasteiger partial charge in [-0.25, -0.2) is 14.6 Å². The van der Waals surface area contributed by atoms with Crippen LogP contribution in [0.15, 0.2) is 33.6 Å². The van der Waals surface area contributed by atoms with E-state index in [4.69, 9.17) is 14.7 Å². The molecule has 14 heteroatoms. The van der Waals surface area contributed by atoms with Gasteiger partial charge in [-0.3, -0.25) is 14.8 Å². The Morgan fingerprint density at radius 1 is 1.17 bits per heavy atom. The van der Waals surface area contributed by atoms with Crippen LogP contribution in [0.25, 0.3) is 11.4 Å². The van der Waals surface area contributed by atoms with Crippen LogP contribution in [0.1, 0.15) is 52.7 Å². The molecule has 0 aliphatic carbocycles. The van der Waals surface area contributed by atoms with Gasteiger partial charge >= 0.3 is 11.7 Å². The van der Waals surface area contributed by atoms with Crippen molar-refractivity contribution < 1.29 is 19.2 Å². The zero-order valence-corrected chi connectivity index (χ0v) is 24.2. The molecule has 0 radical (unpaired) electrons. The molecule has 0 bridgehead atoms. The van der Waals surface area contributed by atoms with Gasteiger partial charge in [0.05, 0.1) is 18.4 Å². The van der Waals surface area contributed by atoms with Crippen molar-refractivity contribution >= 4 is 40.0 Å². The standard InChI is InChI=1S/C28H32N8O5S/c1-3-40-25(38)21-16(2)29-27(42-21)33-26-31-23(35-13-10-19(37)11-14-35)20-5-4-12-36(24(20)32-26)15-17-6-8-18(9-7-17)22-30-28(39)41-34-22/h6-9,19,37H,3-5,10-15H2,1-2H3,(H,30,34,39)(H,29,31,32,33). The Morgan fingerprint density at radius 3 is 2.64 bits per heavy atom. The van der Waals surface area contributed by atoms with Gasteiger partial charge in [0.15, 0.2) is 11.0 Å². The fraction of sp³-hybridized carbons (Fsp3) is 0.429. The average Bonchev–Trinajstić information content (AvgIpc) is 3.59. The van der Waals surface area contributed by atoms with Crippen molar-refractivity contribution in [1.29, 1.82) is 0 Å². The zero-order valence-electron chi connectivity index (χ0n) is 23.4. The Kier molecular flexibility index (Phi) is 7.89. The Morgan fingerprint density at radius 2 is 1.93 bits per heavy atom. The quantitative estimate of drug-likeness (QED) is 0.256. The number of fused-ring (bicyclic) bond motifs is 1. The number of hydrogen-bond acceptors (Lipinski definition) is 13. The van der Waals surface area contributed by atoms with E-state index in [0.29, 0.717) is 66.6 Å². The number of aromatic nitrogens is 5. The van der Waals surface area contributed by atoms with E-state index in [9.17, 15) is 14.7 Å². The fourth-order valence-corrected chi connectivity index (χ4v) is 6.18. The summed E-state index contributed by atoms with van der Waals surface area (Å²) in [5.41, 5.74) is 3.50. The predicted octanol–water partition coefficient (Wildman–Crippen LogP) is 3.42. The number of esters is 1. The van der Waals surface area contributed by atoms with E-state index >= 15 is 0 Å². The molecule has 1 saturated heterocycles. The number of carbonyl (C=O) groups is 1. The SMILES string of the molecule is CCOC(=O)c1sc(Nc2nc(N3CCC(O)CC3)c3c(n2)N(Cc2ccc(-c4noc(=O)[nH]4)cc2)CCC3)nc1C. The largest absolute Gasteiger partial charge is 0.462 e. The van der Waals surface area contributed by atoms with Gasteiger partial charge < -0.3 is 19.6 Å². The summed E-state index contributed by atoms with van der Waals surface area (Å²) in [5, 5.41) is 17.6. The number of piperidine rings is 1. The van der Waals surface area contributed by atoms with E-state index in [0.717, 1.165) is 47.7 Å². The number of ether oxygens (including phenoxy) is 1. The Bertz CT molecular complexity index is 1620. The number of hydrogen-bond donors (Lipinski definition) is 3. The summed E-state index contributed by atoms with van der Waals surface area (Å²) in [4.78, 5) is 45.6. The highest BCUT2D eigenvalue weighted by Gasteiger charge is 2.29. The lowest BCUT2D eigenvalue weighted by Gasteiger charge is -2.36. The molecule has 0 atom stereocenters. The predicted molar refractivity (Wildman–Crippen MR) is 158 cm³/mol. The first-order chi connectivity index (χ1) is 20.4. The second kappa shape index (κ2) is 11.9. The second-order valence-electron chi connectivity index (χ2n) is 10.3. The minimum atomic E-state index is -0.591. The number of aryl methyl sites for hydroxylation is 1. The molecular weight excluding hydrogens is 560 g/mol. The fourth-order valence-electron chi connectivity index (χ4n) is 5.32. The summed E-state index contributed by atoms with van der Waals surface area (Å²) in [6.07, 6.45) is 2.87. The van der Waals surface area contributed by atoms with Crippen LogP contribution in [0.5, 0.6) is 0 Å². The van der Waals surface area contributed by atoms with Crippen molar-refractivity contribution in [3.8, 4) is 11.4 Å². The third-order valence-electron chi connectivity index (χ3n) is 7.40. The van der Waals surface area contributed by atoms with Crippen LogP contribution < -0.4 is 20.9 Å². The lowest BCUT2D eigenvalue weighted by atomic mass is 10.0. The minimum Gasteiger partial charge on any atom is -0.462 e. The topological polar surface area (TPSA) is 163 Å². The first kappa shape index (κ1) is 27.8. The highest BCUT2D eigenvalue weighted by atomic mass is 32.1. The second-order valence-corrected chi connectivity index (χ2v) is 11.3. The van der Waals surface area contributed by atoms with Crippen molar-refractivity contribution in [2.75, 3.05) is 41.4 Å². The van der Waals surface area contributed by atoms with Gasteiger partial charge in [-0.2, -0.15) is 9.97 Å². The molecule has 1 fully saturated rings. The lowest BCUT2D eigenvalue weighted by Crippen LogP contribution is -2.38. The molecule has 42 heavy (non-hydrogen) atoms. The number of aromatic amines is 1. The number of anilines is 4. The lowest BCUT2D eigenvalue weighted by molar-refractivity contribution is 0.0531. The van der Waals surface area contributed by atoms with Crippen molar-refractivity contribution in [3.63, 3.8) is 0 Å². The minimum absolute atomic E-state index is 0.291. The smallest absolute Gasteiger partial charge is 0.439 e. The number of aliphatic hydroxyl groups excluding tert-OH is 1. The van der Waals surface area contributed by atoms with Gasteiger partial charge in [0.1, 0.15) is 16.5 Å². The monoisotopic (exact) mass is 592 g/mol. The van der Waals surface area contributed by atoms with Crippen molar-refractivity contribution in [3.05, 3.63) is 56.5 Å². The van der Waals surface area contributed by atoms with Gasteiger partial charge in [0.2, 0.25) is 5.95 Å². The number of nitrogens with zero attached hydrogens (tertiary/aromatic N) is 6. The summed E-state index contributed by atoms with van der Waals surface area (Å²) in [6.45, 7) is 6.70. The molecule has 6 rings (SSSR count). The van der Waals surface area contributed by atoms with E-state index < -0.39 is 11.7 Å². The van der Waals surface area contributed by atoms with Crippen LogP contribution >= 0.6 is 11.3 Å². The number of benzene rings is 1. The Balaban J connectivity index is 1.31. The number of thiazole rings is 1. The number of aliphatic hydroxyl groups is 1. The van der Waals surface area contributed by atoms with Gasteiger partial charge in [-0.1, -0.05) is 40.8 Å². The molecule has 0 spiro atoms. The molecule has 2 aliphatic heterocycles. The van der Waals surface area contributed by atoms with Crippen LogP contribution in [-0.4, -0.2) is 68.5 Å². The number of carbonyl (C=O) groups excluding carboxylic acids is 1. The van der Waals surface area contributed by atoms with Crippen molar-refractivity contribution in [2.45, 2.75) is 52.2 Å². The van der Waals surface area contributed by atoms with E-state index in [1.54, 1.807) is 13.8 Å². The molecule has 0 unspecified atom stereocenters. The van der Waals surface area contributed by atoms with Crippen LogP contribution in [-0.2, 0) is 17.7 Å². The third kappa shape index (κ3) is 5.85.